The molecule has 0 heterocycles. The molecule has 2 rings (SSSR count). The fraction of sp³-hybridized carbons (Fsp3) is 0. The van der Waals surface area contributed by atoms with Crippen LogP contribution in [0.2, 0.25) is 0 Å². The van der Waals surface area contributed by atoms with Gasteiger partial charge in [0.05, 0.1) is 0 Å². The monoisotopic (exact) mass is 241 g/mol. The molecule has 0 saturated carbocycles. The van der Waals surface area contributed by atoms with Gasteiger partial charge in [-0.25, -0.2) is 0 Å². The molecule has 0 radical (unpaired) electrons. The molecule has 0 spiro atoms. The van der Waals surface area contributed by atoms with Crippen molar-refractivity contribution in [2.45, 2.75) is 0 Å². The summed E-state index contributed by atoms with van der Waals surface area (Å²) >= 11 is 0. The van der Waals surface area contributed by atoms with Crippen LogP contribution in [0.5, 0.6) is 0 Å². The van der Waals surface area contributed by atoms with Crippen molar-refractivity contribution in [3.63, 3.8) is 0 Å². The summed E-state index contributed by atoms with van der Waals surface area (Å²) in [6.07, 6.45) is 0. The lowest BCUT2D eigenvalue weighted by molar-refractivity contribution is 1.61. The maximum absolute atomic E-state index is 5.85. The number of nitrogens with two attached hydrogens (primary N) is 1. The van der Waals surface area contributed by atoms with Gasteiger partial charge in [-0.15, -0.1) is 24.8 Å². The molecule has 0 amide bonds. The Morgan fingerprint density at radius 1 is 0.667 bits per heavy atom. The van der Waals surface area contributed by atoms with Crippen LogP contribution in [0.15, 0.2) is 54.6 Å². The fourth-order valence-corrected chi connectivity index (χ4v) is 1.38. The van der Waals surface area contributed by atoms with Crippen molar-refractivity contribution in [2.75, 3.05) is 5.73 Å². The number of hydrogen-bond donors (Lipinski definition) is 1. The van der Waals surface area contributed by atoms with E-state index < -0.39 is 0 Å². The molecule has 0 aliphatic heterocycles. The van der Waals surface area contributed by atoms with Crippen LogP contribution < -0.4 is 5.73 Å². The molecule has 2 aromatic carbocycles. The summed E-state index contributed by atoms with van der Waals surface area (Å²) in [5.74, 6) is 0. The van der Waals surface area contributed by atoms with Crippen molar-refractivity contribution >= 4 is 30.5 Å². The standard InChI is InChI=1S/C12H11N.2ClH/c13-12-9-5-4-8-11(12)10-6-2-1-3-7-10;;/h1-9H,13H2;2*1H. The second kappa shape index (κ2) is 6.33. The van der Waals surface area contributed by atoms with E-state index in [1.807, 2.05) is 42.5 Å². The minimum atomic E-state index is 0. The molecule has 2 aromatic rings. The highest BCUT2D eigenvalue weighted by Crippen LogP contribution is 2.24. The van der Waals surface area contributed by atoms with Gasteiger partial charge in [-0.2, -0.15) is 0 Å². The van der Waals surface area contributed by atoms with Crippen molar-refractivity contribution in [1.82, 2.24) is 0 Å². The topological polar surface area (TPSA) is 26.0 Å². The molecule has 0 atom stereocenters. The van der Waals surface area contributed by atoms with Gasteiger partial charge in [0.1, 0.15) is 0 Å². The molecular weight excluding hydrogens is 229 g/mol. The maximum Gasteiger partial charge on any atom is 0.0393 e. The number of rotatable bonds is 1. The SMILES string of the molecule is Cl.Cl.Nc1ccccc1-c1ccccc1. The van der Waals surface area contributed by atoms with Gasteiger partial charge in [0.25, 0.3) is 0 Å². The van der Waals surface area contributed by atoms with E-state index in [0.717, 1.165) is 11.3 Å². The van der Waals surface area contributed by atoms with Crippen LogP contribution in [0.3, 0.4) is 0 Å². The molecule has 0 aromatic heterocycles. The summed E-state index contributed by atoms with van der Waals surface area (Å²) in [5, 5.41) is 0. The van der Waals surface area contributed by atoms with Crippen LogP contribution in [-0.2, 0) is 0 Å². The Kier molecular flexibility index (Phi) is 5.83. The van der Waals surface area contributed by atoms with Gasteiger partial charge in [0.2, 0.25) is 0 Å². The smallest absolute Gasteiger partial charge is 0.0393 e. The van der Waals surface area contributed by atoms with Crippen molar-refractivity contribution in [1.29, 1.82) is 0 Å². The molecular formula is C12H13Cl2N. The number of para-hydroxylation sites is 1. The van der Waals surface area contributed by atoms with Crippen molar-refractivity contribution in [3.8, 4) is 11.1 Å². The molecule has 0 saturated heterocycles. The van der Waals surface area contributed by atoms with E-state index in [1.165, 1.54) is 5.56 Å². The van der Waals surface area contributed by atoms with E-state index in [1.54, 1.807) is 0 Å². The first-order valence-electron chi connectivity index (χ1n) is 4.28. The molecule has 0 bridgehead atoms. The first-order valence-corrected chi connectivity index (χ1v) is 4.28. The Hall–Kier alpha value is -1.18. The fourth-order valence-electron chi connectivity index (χ4n) is 1.38. The Morgan fingerprint density at radius 3 is 1.80 bits per heavy atom. The minimum Gasteiger partial charge on any atom is -0.398 e. The zero-order valence-corrected chi connectivity index (χ0v) is 9.72. The number of benzene rings is 2. The Balaban J connectivity index is 0.000000980. The second-order valence-corrected chi connectivity index (χ2v) is 2.95. The van der Waals surface area contributed by atoms with E-state index in [9.17, 15) is 0 Å². The molecule has 3 heteroatoms. The highest BCUT2D eigenvalue weighted by atomic mass is 35.5. The van der Waals surface area contributed by atoms with Gasteiger partial charge < -0.3 is 5.73 Å². The lowest BCUT2D eigenvalue weighted by Crippen LogP contribution is -1.88. The van der Waals surface area contributed by atoms with E-state index in [-0.39, 0.29) is 24.8 Å². The average Bonchev–Trinajstić information content (AvgIpc) is 2.20. The normalized spacial score (nSPS) is 8.53. The third kappa shape index (κ3) is 3.15. The number of halogens is 2. The number of hydrogen-bond acceptors (Lipinski definition) is 1. The Morgan fingerprint density at radius 2 is 1.20 bits per heavy atom. The van der Waals surface area contributed by atoms with Gasteiger partial charge in [-0.3, -0.25) is 0 Å². The molecule has 0 unspecified atom stereocenters. The van der Waals surface area contributed by atoms with Gasteiger partial charge >= 0.3 is 0 Å². The summed E-state index contributed by atoms with van der Waals surface area (Å²) in [5.41, 5.74) is 8.95. The van der Waals surface area contributed by atoms with Gasteiger partial charge in [0.15, 0.2) is 0 Å². The summed E-state index contributed by atoms with van der Waals surface area (Å²) in [6.45, 7) is 0. The van der Waals surface area contributed by atoms with E-state index in [0.29, 0.717) is 0 Å². The first-order chi connectivity index (χ1) is 6.38. The zero-order valence-electron chi connectivity index (χ0n) is 8.09. The van der Waals surface area contributed by atoms with Crippen LogP contribution in [-0.4, -0.2) is 0 Å². The number of nitrogen functional groups attached to an aromatic ring is 1. The third-order valence-electron chi connectivity index (χ3n) is 2.05. The van der Waals surface area contributed by atoms with E-state index >= 15 is 0 Å². The van der Waals surface area contributed by atoms with Gasteiger partial charge in [-0.1, -0.05) is 48.5 Å². The first kappa shape index (κ1) is 13.8. The second-order valence-electron chi connectivity index (χ2n) is 2.95. The van der Waals surface area contributed by atoms with Gasteiger partial charge in [-0.05, 0) is 11.6 Å². The summed E-state index contributed by atoms with van der Waals surface area (Å²) in [6, 6.07) is 18.1. The highest BCUT2D eigenvalue weighted by molar-refractivity contribution is 5.85. The maximum atomic E-state index is 5.85. The van der Waals surface area contributed by atoms with Crippen LogP contribution in [0.25, 0.3) is 11.1 Å². The predicted octanol–water partition coefficient (Wildman–Crippen LogP) is 3.78. The zero-order chi connectivity index (χ0) is 9.10. The molecule has 80 valence electrons. The molecule has 0 fully saturated rings. The van der Waals surface area contributed by atoms with Crippen LogP contribution >= 0.6 is 24.8 Å². The lowest BCUT2D eigenvalue weighted by atomic mass is 10.0. The molecule has 0 aliphatic carbocycles. The van der Waals surface area contributed by atoms with Crippen molar-refractivity contribution in [3.05, 3.63) is 54.6 Å². The van der Waals surface area contributed by atoms with Crippen LogP contribution in [0.4, 0.5) is 5.69 Å². The predicted molar refractivity (Wildman–Crippen MR) is 70.8 cm³/mol. The molecule has 1 nitrogen and oxygen atoms in total. The van der Waals surface area contributed by atoms with E-state index in [4.69, 9.17) is 5.73 Å². The average molecular weight is 242 g/mol. The largest absolute Gasteiger partial charge is 0.398 e. The van der Waals surface area contributed by atoms with E-state index in [2.05, 4.69) is 12.1 Å². The van der Waals surface area contributed by atoms with Crippen LogP contribution in [0, 0.1) is 0 Å². The summed E-state index contributed by atoms with van der Waals surface area (Å²) in [4.78, 5) is 0. The molecule has 0 aliphatic rings. The highest BCUT2D eigenvalue weighted by Gasteiger charge is 1.98. The molecule has 15 heavy (non-hydrogen) atoms. The molecule has 2 N–H and O–H groups in total. The summed E-state index contributed by atoms with van der Waals surface area (Å²) < 4.78 is 0. The lowest BCUT2D eigenvalue weighted by Gasteiger charge is -2.03. The van der Waals surface area contributed by atoms with Crippen molar-refractivity contribution < 1.29 is 0 Å². The third-order valence-corrected chi connectivity index (χ3v) is 2.05. The van der Waals surface area contributed by atoms with Gasteiger partial charge in [0, 0.05) is 11.3 Å². The summed E-state index contributed by atoms with van der Waals surface area (Å²) in [7, 11) is 0. The Bertz CT molecular complexity index is 401. The quantitative estimate of drug-likeness (QED) is 0.756. The van der Waals surface area contributed by atoms with Crippen LogP contribution in [0.1, 0.15) is 0 Å². The Labute approximate surface area is 102 Å². The minimum absolute atomic E-state index is 0. The van der Waals surface area contributed by atoms with Crippen molar-refractivity contribution in [2.24, 2.45) is 0 Å². The number of anilines is 1.